The molecule has 0 radical (unpaired) electrons. The number of methoxy groups -OCH3 is 2. The molecule has 1 saturated heterocycles. The number of hydrogen-bond donors (Lipinski definition) is 1. The minimum atomic E-state index is -0.615. The van der Waals surface area contributed by atoms with Crippen molar-refractivity contribution in [2.75, 3.05) is 36.2 Å². The zero-order valence-corrected chi connectivity index (χ0v) is 19.2. The van der Waals surface area contributed by atoms with Crippen molar-refractivity contribution in [2.24, 2.45) is 0 Å². The molecule has 1 amide bonds. The molecule has 1 aromatic carbocycles. The molecular weight excluding hydrogens is 437 g/mol. The van der Waals surface area contributed by atoms with Gasteiger partial charge in [0.25, 0.3) is 0 Å². The van der Waals surface area contributed by atoms with Crippen LogP contribution in [0, 0.1) is 5.82 Å². The molecule has 1 N–H and O–H groups in total. The van der Waals surface area contributed by atoms with Gasteiger partial charge in [0.05, 0.1) is 37.8 Å². The van der Waals surface area contributed by atoms with Gasteiger partial charge in [-0.2, -0.15) is 5.10 Å². The molecule has 3 aromatic rings. The minimum absolute atomic E-state index is 0.128. The van der Waals surface area contributed by atoms with Crippen molar-refractivity contribution in [1.29, 1.82) is 0 Å². The molecule has 0 bridgehead atoms. The van der Waals surface area contributed by atoms with Gasteiger partial charge in [-0.25, -0.2) is 23.6 Å². The van der Waals surface area contributed by atoms with E-state index in [0.29, 0.717) is 34.0 Å². The first-order chi connectivity index (χ1) is 15.3. The molecule has 1 fully saturated rings. The van der Waals surface area contributed by atoms with E-state index < -0.39 is 17.4 Å². The van der Waals surface area contributed by atoms with Crippen LogP contribution in [0.4, 0.5) is 20.7 Å². The summed E-state index contributed by atoms with van der Waals surface area (Å²) in [5.74, 6) is 1.08. The average Bonchev–Trinajstić information content (AvgIpc) is 3.29. The minimum Gasteiger partial charge on any atom is -0.492 e. The second-order valence-corrected chi connectivity index (χ2v) is 8.81. The van der Waals surface area contributed by atoms with Crippen molar-refractivity contribution in [3.8, 4) is 22.6 Å². The van der Waals surface area contributed by atoms with Crippen molar-refractivity contribution in [3.63, 3.8) is 0 Å². The lowest BCUT2D eigenvalue weighted by Gasteiger charge is -2.27. The van der Waals surface area contributed by atoms with Gasteiger partial charge in [-0.05, 0) is 31.5 Å². The summed E-state index contributed by atoms with van der Waals surface area (Å²) >= 11 is 1.43. The average molecular weight is 462 g/mol. The maximum absolute atomic E-state index is 14.8. The van der Waals surface area contributed by atoms with Crippen LogP contribution in [-0.2, 0) is 4.74 Å². The fourth-order valence-corrected chi connectivity index (χ4v) is 4.02. The molecule has 9 nitrogen and oxygen atoms in total. The molecule has 11 heteroatoms. The van der Waals surface area contributed by atoms with E-state index in [9.17, 15) is 9.18 Å². The Morgan fingerprint density at radius 2 is 2.09 bits per heavy atom. The zero-order chi connectivity index (χ0) is 23.0. The Balaban J connectivity index is 1.88. The summed E-state index contributed by atoms with van der Waals surface area (Å²) in [7, 11) is 2.92. The molecule has 1 aliphatic rings. The van der Waals surface area contributed by atoms with Crippen LogP contribution in [0.1, 0.15) is 20.8 Å². The highest BCUT2D eigenvalue weighted by Gasteiger charge is 2.43. The molecule has 1 aliphatic heterocycles. The number of halogens is 1. The first-order valence-corrected chi connectivity index (χ1v) is 10.9. The lowest BCUT2D eigenvalue weighted by Crippen LogP contribution is -2.42. The zero-order valence-electron chi connectivity index (χ0n) is 18.4. The van der Waals surface area contributed by atoms with Gasteiger partial charge in [0.15, 0.2) is 28.8 Å². The van der Waals surface area contributed by atoms with Crippen molar-refractivity contribution in [3.05, 3.63) is 30.3 Å². The third kappa shape index (κ3) is 3.66. The van der Waals surface area contributed by atoms with E-state index in [1.807, 2.05) is 20.8 Å². The van der Waals surface area contributed by atoms with Crippen LogP contribution in [0.15, 0.2) is 24.5 Å². The second kappa shape index (κ2) is 8.38. The van der Waals surface area contributed by atoms with Crippen LogP contribution >= 0.6 is 11.9 Å². The molecule has 0 aliphatic carbocycles. The normalized spacial score (nSPS) is 15.2. The molecule has 3 heterocycles. The van der Waals surface area contributed by atoms with Gasteiger partial charge in [0.1, 0.15) is 6.61 Å². The summed E-state index contributed by atoms with van der Waals surface area (Å²) in [6, 6.07) is 3.15. The predicted octanol–water partition coefficient (Wildman–Crippen LogP) is 4.37. The Morgan fingerprint density at radius 3 is 2.72 bits per heavy atom. The summed E-state index contributed by atoms with van der Waals surface area (Å²) < 4.78 is 35.4. The van der Waals surface area contributed by atoms with Crippen molar-refractivity contribution in [2.45, 2.75) is 26.3 Å². The maximum atomic E-state index is 14.8. The number of nitrogens with one attached hydrogen (secondary N) is 1. The molecule has 32 heavy (non-hydrogen) atoms. The SMILES string of the molecule is CCSNc1cc(-c2cnn3cc(OC)c(N4C(=O)OCC4(C)C)nc23)cc(F)c1OC. The van der Waals surface area contributed by atoms with E-state index in [-0.39, 0.29) is 12.4 Å². The topological polar surface area (TPSA) is 90.2 Å². The first kappa shape index (κ1) is 22.0. The molecule has 0 spiro atoms. The molecule has 0 atom stereocenters. The van der Waals surface area contributed by atoms with E-state index in [4.69, 9.17) is 19.2 Å². The van der Waals surface area contributed by atoms with Crippen LogP contribution in [0.5, 0.6) is 11.5 Å². The monoisotopic (exact) mass is 461 g/mol. The summed E-state index contributed by atoms with van der Waals surface area (Å²) in [5.41, 5.74) is 1.48. The summed E-state index contributed by atoms with van der Waals surface area (Å²) in [4.78, 5) is 18.6. The van der Waals surface area contributed by atoms with Gasteiger partial charge < -0.3 is 18.9 Å². The number of rotatable bonds is 7. The van der Waals surface area contributed by atoms with Crippen LogP contribution in [-0.4, -0.2) is 52.8 Å². The fraction of sp³-hybridized carbons (Fsp3) is 0.381. The maximum Gasteiger partial charge on any atom is 0.416 e. The Labute approximate surface area is 189 Å². The second-order valence-electron chi connectivity index (χ2n) is 7.74. The molecular formula is C21H24FN5O4S. The van der Waals surface area contributed by atoms with Crippen molar-refractivity contribution >= 4 is 35.2 Å². The van der Waals surface area contributed by atoms with Gasteiger partial charge in [0, 0.05) is 11.3 Å². The first-order valence-electron chi connectivity index (χ1n) is 9.95. The molecule has 2 aromatic heterocycles. The number of ether oxygens (including phenoxy) is 3. The van der Waals surface area contributed by atoms with Crippen molar-refractivity contribution < 1.29 is 23.4 Å². The number of aromatic nitrogens is 3. The number of cyclic esters (lactones) is 1. The van der Waals surface area contributed by atoms with E-state index in [1.54, 1.807) is 18.5 Å². The van der Waals surface area contributed by atoms with Gasteiger partial charge >= 0.3 is 6.09 Å². The van der Waals surface area contributed by atoms with E-state index in [1.165, 1.54) is 41.6 Å². The van der Waals surface area contributed by atoms with Gasteiger partial charge in [-0.3, -0.25) is 0 Å². The van der Waals surface area contributed by atoms with Gasteiger partial charge in [0.2, 0.25) is 0 Å². The van der Waals surface area contributed by atoms with E-state index in [2.05, 4.69) is 9.82 Å². The van der Waals surface area contributed by atoms with E-state index >= 15 is 0 Å². The van der Waals surface area contributed by atoms with Gasteiger partial charge in [-0.15, -0.1) is 0 Å². The third-order valence-corrected chi connectivity index (χ3v) is 5.75. The molecule has 0 unspecified atom stereocenters. The fourth-order valence-electron chi connectivity index (χ4n) is 3.56. The Morgan fingerprint density at radius 1 is 1.31 bits per heavy atom. The lowest BCUT2D eigenvalue weighted by molar-refractivity contribution is 0.175. The number of nitrogens with zero attached hydrogens (tertiary/aromatic N) is 4. The van der Waals surface area contributed by atoms with Crippen LogP contribution in [0.25, 0.3) is 16.8 Å². The predicted molar refractivity (Wildman–Crippen MR) is 121 cm³/mol. The molecule has 0 saturated carbocycles. The van der Waals surface area contributed by atoms with Crippen LogP contribution < -0.4 is 19.1 Å². The largest absolute Gasteiger partial charge is 0.492 e. The Bertz CT molecular complexity index is 1180. The number of anilines is 2. The standard InChI is InChI=1S/C21H24FN5O4S/c1-6-32-25-15-8-12(7-14(22)17(15)30-5)13-9-23-26-10-16(29-4)19(24-18(13)26)27-20(28)31-11-21(27,2)3/h7-10,25H,6,11H2,1-5H3. The highest BCUT2D eigenvalue weighted by molar-refractivity contribution is 8.00. The summed E-state index contributed by atoms with van der Waals surface area (Å²) in [6.45, 7) is 5.96. The van der Waals surface area contributed by atoms with Gasteiger partial charge in [-0.1, -0.05) is 18.9 Å². The highest BCUT2D eigenvalue weighted by Crippen LogP contribution is 2.39. The smallest absolute Gasteiger partial charge is 0.416 e. The summed E-state index contributed by atoms with van der Waals surface area (Å²) in [5, 5.41) is 4.35. The molecule has 170 valence electrons. The quantitative estimate of drug-likeness (QED) is 0.519. The van der Waals surface area contributed by atoms with Crippen molar-refractivity contribution in [1.82, 2.24) is 14.6 Å². The van der Waals surface area contributed by atoms with E-state index in [0.717, 1.165) is 5.75 Å². The van der Waals surface area contributed by atoms with Crippen LogP contribution in [0.3, 0.4) is 0 Å². The number of hydrogen-bond acceptors (Lipinski definition) is 8. The Kier molecular flexibility index (Phi) is 5.76. The number of fused-ring (bicyclic) bond motifs is 1. The number of carbonyl (C=O) groups is 1. The number of carbonyl (C=O) groups excluding carboxylic acids is 1. The number of amides is 1. The highest BCUT2D eigenvalue weighted by atomic mass is 32.2. The van der Waals surface area contributed by atoms with Crippen LogP contribution in [0.2, 0.25) is 0 Å². The molecule has 4 rings (SSSR count). The Hall–Kier alpha value is -3.21. The third-order valence-electron chi connectivity index (χ3n) is 5.09. The number of benzene rings is 1. The summed E-state index contributed by atoms with van der Waals surface area (Å²) in [6.07, 6.45) is 2.72. The lowest BCUT2D eigenvalue weighted by atomic mass is 10.1.